The van der Waals surface area contributed by atoms with Gasteiger partial charge in [0, 0.05) is 30.4 Å². The van der Waals surface area contributed by atoms with Crippen LogP contribution in [0.25, 0.3) is 11.4 Å². The molecule has 1 aromatic heterocycles. The minimum absolute atomic E-state index is 0.263. The van der Waals surface area contributed by atoms with Crippen molar-refractivity contribution in [1.29, 1.82) is 0 Å². The maximum absolute atomic E-state index is 12.8. The highest BCUT2D eigenvalue weighted by Gasteiger charge is 2.56. The number of morpholine rings is 1. The molecule has 1 aliphatic heterocycles. The standard InChI is InChI=1S/C19H24N4O4S/c20-15-3-1-14(2-4-15)18-21-16(19(5-6-19)28(25,26)12-9-24)13-17(22-18)23-7-10-27-11-8-23/h1-4,13,24H,5-12,20H2. The first kappa shape index (κ1) is 19.1. The minimum atomic E-state index is -3.51. The van der Waals surface area contributed by atoms with E-state index in [4.69, 9.17) is 15.5 Å². The van der Waals surface area contributed by atoms with Crippen molar-refractivity contribution in [2.75, 3.05) is 49.3 Å². The van der Waals surface area contributed by atoms with E-state index in [0.717, 1.165) is 5.56 Å². The van der Waals surface area contributed by atoms with Crippen LogP contribution in [0.15, 0.2) is 30.3 Å². The fourth-order valence-corrected chi connectivity index (χ4v) is 5.32. The molecule has 0 radical (unpaired) electrons. The van der Waals surface area contributed by atoms with Gasteiger partial charge in [-0.1, -0.05) is 0 Å². The molecule has 2 aliphatic rings. The lowest BCUT2D eigenvalue weighted by Crippen LogP contribution is -2.37. The molecule has 28 heavy (non-hydrogen) atoms. The van der Waals surface area contributed by atoms with Gasteiger partial charge >= 0.3 is 0 Å². The Morgan fingerprint density at radius 2 is 1.82 bits per heavy atom. The number of aliphatic hydroxyl groups is 1. The van der Waals surface area contributed by atoms with Crippen molar-refractivity contribution in [3.05, 3.63) is 36.0 Å². The van der Waals surface area contributed by atoms with Gasteiger partial charge in [-0.2, -0.15) is 0 Å². The number of nitrogens with two attached hydrogens (primary N) is 1. The first-order chi connectivity index (χ1) is 13.4. The lowest BCUT2D eigenvalue weighted by atomic mass is 10.1. The Hall–Kier alpha value is -2.23. The number of hydrogen-bond acceptors (Lipinski definition) is 8. The van der Waals surface area contributed by atoms with E-state index < -0.39 is 21.2 Å². The van der Waals surface area contributed by atoms with Crippen molar-refractivity contribution in [2.24, 2.45) is 0 Å². The second-order valence-corrected chi connectivity index (χ2v) is 9.61. The van der Waals surface area contributed by atoms with Crippen molar-refractivity contribution in [2.45, 2.75) is 17.6 Å². The molecule has 0 bridgehead atoms. The van der Waals surface area contributed by atoms with Gasteiger partial charge in [0.25, 0.3) is 0 Å². The van der Waals surface area contributed by atoms with E-state index in [0.29, 0.717) is 62.2 Å². The molecule has 1 aliphatic carbocycles. The maximum atomic E-state index is 12.8. The van der Waals surface area contributed by atoms with Crippen LogP contribution in [0.2, 0.25) is 0 Å². The molecule has 1 aromatic carbocycles. The Morgan fingerprint density at radius 3 is 2.43 bits per heavy atom. The van der Waals surface area contributed by atoms with E-state index in [9.17, 15) is 13.5 Å². The quantitative estimate of drug-likeness (QED) is 0.684. The maximum Gasteiger partial charge on any atom is 0.163 e. The van der Waals surface area contributed by atoms with Crippen LogP contribution in [0.1, 0.15) is 18.5 Å². The molecular formula is C19H24N4O4S. The largest absolute Gasteiger partial charge is 0.399 e. The highest BCUT2D eigenvalue weighted by Crippen LogP contribution is 2.53. The summed E-state index contributed by atoms with van der Waals surface area (Å²) in [5.74, 6) is 0.913. The van der Waals surface area contributed by atoms with Crippen molar-refractivity contribution >= 4 is 21.3 Å². The normalized spacial score (nSPS) is 18.8. The molecule has 2 heterocycles. The lowest BCUT2D eigenvalue weighted by molar-refractivity contribution is 0.122. The zero-order valence-electron chi connectivity index (χ0n) is 15.5. The molecule has 4 rings (SSSR count). The van der Waals surface area contributed by atoms with Crippen LogP contribution in [0, 0.1) is 0 Å². The van der Waals surface area contributed by atoms with Crippen molar-refractivity contribution in [3.8, 4) is 11.4 Å². The van der Waals surface area contributed by atoms with Gasteiger partial charge in [0.2, 0.25) is 0 Å². The molecule has 1 saturated heterocycles. The average molecular weight is 404 g/mol. The summed E-state index contributed by atoms with van der Waals surface area (Å²) in [6, 6.07) is 9.00. The molecule has 0 atom stereocenters. The second-order valence-electron chi connectivity index (χ2n) is 7.19. The highest BCUT2D eigenvalue weighted by atomic mass is 32.2. The number of nitrogens with zero attached hydrogens (tertiary/aromatic N) is 3. The third-order valence-corrected chi connectivity index (χ3v) is 7.87. The summed E-state index contributed by atoms with van der Waals surface area (Å²) >= 11 is 0. The van der Waals surface area contributed by atoms with E-state index in [2.05, 4.69) is 9.88 Å². The molecule has 150 valence electrons. The van der Waals surface area contributed by atoms with Gasteiger partial charge in [-0.25, -0.2) is 18.4 Å². The summed E-state index contributed by atoms with van der Waals surface area (Å²) in [7, 11) is -3.51. The molecule has 0 spiro atoms. The molecule has 3 N–H and O–H groups in total. The number of anilines is 2. The van der Waals surface area contributed by atoms with Crippen LogP contribution in [0.3, 0.4) is 0 Å². The smallest absolute Gasteiger partial charge is 0.163 e. The molecule has 8 nitrogen and oxygen atoms in total. The van der Waals surface area contributed by atoms with Crippen molar-refractivity contribution < 1.29 is 18.3 Å². The monoisotopic (exact) mass is 404 g/mol. The highest BCUT2D eigenvalue weighted by molar-refractivity contribution is 7.92. The van der Waals surface area contributed by atoms with Gasteiger partial charge in [0.1, 0.15) is 10.6 Å². The Labute approximate surface area is 164 Å². The Morgan fingerprint density at radius 1 is 1.14 bits per heavy atom. The number of aliphatic hydroxyl groups excluding tert-OH is 1. The van der Waals surface area contributed by atoms with E-state index in [1.165, 1.54) is 0 Å². The van der Waals surface area contributed by atoms with Crippen molar-refractivity contribution in [1.82, 2.24) is 9.97 Å². The second kappa shape index (κ2) is 7.31. The number of benzene rings is 1. The number of nitrogen functional groups attached to an aromatic ring is 1. The summed E-state index contributed by atoms with van der Waals surface area (Å²) in [5.41, 5.74) is 7.70. The number of aromatic nitrogens is 2. The van der Waals surface area contributed by atoms with Crippen LogP contribution in [-0.2, 0) is 19.3 Å². The number of sulfone groups is 1. The molecule has 2 aromatic rings. The molecule has 2 fully saturated rings. The van der Waals surface area contributed by atoms with Crippen LogP contribution in [0.4, 0.5) is 11.5 Å². The zero-order chi connectivity index (χ0) is 19.8. The van der Waals surface area contributed by atoms with Gasteiger partial charge in [0.05, 0.1) is 31.3 Å². The third-order valence-electron chi connectivity index (χ3n) is 5.34. The molecule has 1 saturated carbocycles. The van der Waals surface area contributed by atoms with Gasteiger partial charge in [0.15, 0.2) is 15.7 Å². The predicted octanol–water partition coefficient (Wildman–Crippen LogP) is 0.959. The fourth-order valence-electron chi connectivity index (χ4n) is 3.54. The number of hydrogen-bond donors (Lipinski definition) is 2. The topological polar surface area (TPSA) is 119 Å². The molecular weight excluding hydrogens is 380 g/mol. The predicted molar refractivity (Wildman–Crippen MR) is 107 cm³/mol. The Bertz CT molecular complexity index is 952. The van der Waals surface area contributed by atoms with Gasteiger partial charge in [-0.3, -0.25) is 0 Å². The Balaban J connectivity index is 1.81. The summed E-state index contributed by atoms with van der Waals surface area (Å²) in [4.78, 5) is 11.4. The molecule has 0 amide bonds. The third kappa shape index (κ3) is 3.45. The number of rotatable bonds is 6. The minimum Gasteiger partial charge on any atom is -0.399 e. The van der Waals surface area contributed by atoms with Crippen molar-refractivity contribution in [3.63, 3.8) is 0 Å². The van der Waals surface area contributed by atoms with Crippen LogP contribution in [-0.4, -0.2) is 62.2 Å². The van der Waals surface area contributed by atoms with Crippen LogP contribution in [0.5, 0.6) is 0 Å². The van der Waals surface area contributed by atoms with E-state index in [1.54, 1.807) is 18.2 Å². The first-order valence-corrected chi connectivity index (χ1v) is 11.0. The van der Waals surface area contributed by atoms with E-state index in [-0.39, 0.29) is 5.75 Å². The van der Waals surface area contributed by atoms with E-state index in [1.807, 2.05) is 12.1 Å². The van der Waals surface area contributed by atoms with Gasteiger partial charge < -0.3 is 20.5 Å². The summed E-state index contributed by atoms with van der Waals surface area (Å²) < 4.78 is 30.0. The molecule has 9 heteroatoms. The molecule has 0 unspecified atom stereocenters. The lowest BCUT2D eigenvalue weighted by Gasteiger charge is -2.29. The SMILES string of the molecule is Nc1ccc(-c2nc(N3CCOCC3)cc(C3(S(=O)(=O)CCO)CC3)n2)cc1. The van der Waals surface area contributed by atoms with Crippen LogP contribution < -0.4 is 10.6 Å². The average Bonchev–Trinajstić information content (AvgIpc) is 3.52. The van der Waals surface area contributed by atoms with Gasteiger partial charge in [-0.05, 0) is 37.1 Å². The summed E-state index contributed by atoms with van der Waals surface area (Å²) in [5, 5.41) is 9.21. The fraction of sp³-hybridized carbons (Fsp3) is 0.474. The zero-order valence-corrected chi connectivity index (χ0v) is 16.4. The van der Waals surface area contributed by atoms with Crippen LogP contribution >= 0.6 is 0 Å². The van der Waals surface area contributed by atoms with Gasteiger partial charge in [-0.15, -0.1) is 0 Å². The number of ether oxygens (including phenoxy) is 1. The summed E-state index contributed by atoms with van der Waals surface area (Å²) in [6.45, 7) is 2.19. The first-order valence-electron chi connectivity index (χ1n) is 9.36. The van der Waals surface area contributed by atoms with E-state index >= 15 is 0 Å². The Kier molecular flexibility index (Phi) is 4.98. The summed E-state index contributed by atoms with van der Waals surface area (Å²) in [6.07, 6.45) is 1.02.